The average molecular weight is 361 g/mol. The van der Waals surface area contributed by atoms with Crippen LogP contribution < -0.4 is 11.1 Å². The van der Waals surface area contributed by atoms with Crippen molar-refractivity contribution in [3.8, 4) is 0 Å². The van der Waals surface area contributed by atoms with Gasteiger partial charge in [-0.25, -0.2) is 9.59 Å². The van der Waals surface area contributed by atoms with Crippen molar-refractivity contribution in [1.29, 1.82) is 0 Å². The molecule has 0 spiro atoms. The molecule has 10 heteroatoms. The molecule has 0 aromatic carbocycles. The van der Waals surface area contributed by atoms with E-state index in [0.29, 0.717) is 0 Å². The highest BCUT2D eigenvalue weighted by Crippen LogP contribution is 2.04. The molecular formula is C13H10Cl2N2O6. The van der Waals surface area contributed by atoms with Gasteiger partial charge in [0.05, 0.1) is 18.2 Å². The smallest absolute Gasteiger partial charge is 0.339 e. The zero-order valence-corrected chi connectivity index (χ0v) is 13.1. The number of halogens is 2. The highest BCUT2D eigenvalue weighted by Gasteiger charge is 2.06. The quantitative estimate of drug-likeness (QED) is 0.696. The summed E-state index contributed by atoms with van der Waals surface area (Å²) in [7, 11) is 1.25. The maximum Gasteiger partial charge on any atom is 0.339 e. The molecule has 0 saturated heterocycles. The minimum absolute atomic E-state index is 0.0297. The van der Waals surface area contributed by atoms with Crippen molar-refractivity contribution >= 4 is 35.1 Å². The van der Waals surface area contributed by atoms with Gasteiger partial charge in [0.15, 0.2) is 0 Å². The molecule has 8 nitrogen and oxygen atoms in total. The number of hydrogen-bond donors (Lipinski definition) is 3. The number of carbonyl (C=O) groups is 2. The molecule has 2 aromatic heterocycles. The summed E-state index contributed by atoms with van der Waals surface area (Å²) in [6, 6.07) is 2.36. The van der Waals surface area contributed by atoms with E-state index >= 15 is 0 Å². The van der Waals surface area contributed by atoms with Crippen LogP contribution in [-0.2, 0) is 4.74 Å². The molecule has 0 fully saturated rings. The van der Waals surface area contributed by atoms with Gasteiger partial charge in [-0.15, -0.1) is 0 Å². The van der Waals surface area contributed by atoms with Crippen molar-refractivity contribution < 1.29 is 19.4 Å². The zero-order valence-electron chi connectivity index (χ0n) is 11.6. The Balaban J connectivity index is 0.000000231. The summed E-state index contributed by atoms with van der Waals surface area (Å²) in [6.45, 7) is 0. The van der Waals surface area contributed by atoms with Gasteiger partial charge in [-0.05, 0) is 12.1 Å². The lowest BCUT2D eigenvalue weighted by atomic mass is 10.3. The van der Waals surface area contributed by atoms with E-state index in [4.69, 9.17) is 28.3 Å². The lowest BCUT2D eigenvalue weighted by Crippen LogP contribution is -2.09. The van der Waals surface area contributed by atoms with Crippen LogP contribution in [-0.4, -0.2) is 34.1 Å². The fraction of sp³-hybridized carbons (Fsp3) is 0.0769. The summed E-state index contributed by atoms with van der Waals surface area (Å²) in [5.74, 6) is -1.66. The fourth-order valence-corrected chi connectivity index (χ4v) is 1.62. The number of methoxy groups -OCH3 is 1. The van der Waals surface area contributed by atoms with Crippen molar-refractivity contribution in [3.63, 3.8) is 0 Å². The van der Waals surface area contributed by atoms with Crippen molar-refractivity contribution in [3.05, 3.63) is 66.4 Å². The Morgan fingerprint density at radius 3 is 1.83 bits per heavy atom. The van der Waals surface area contributed by atoms with Crippen LogP contribution in [0.15, 0.2) is 34.1 Å². The lowest BCUT2D eigenvalue weighted by molar-refractivity contribution is 0.0599. The Hall–Kier alpha value is -2.58. The largest absolute Gasteiger partial charge is 0.478 e. The van der Waals surface area contributed by atoms with Crippen LogP contribution in [0.2, 0.25) is 10.0 Å². The maximum absolute atomic E-state index is 10.9. The van der Waals surface area contributed by atoms with E-state index in [1.165, 1.54) is 19.4 Å². The Kier molecular flexibility index (Phi) is 6.55. The number of nitrogens with one attached hydrogen (secondary N) is 2. The van der Waals surface area contributed by atoms with E-state index in [1.54, 1.807) is 0 Å². The van der Waals surface area contributed by atoms with Crippen LogP contribution in [0.4, 0.5) is 0 Å². The molecule has 0 saturated carbocycles. The molecule has 0 radical (unpaired) electrons. The molecule has 3 N–H and O–H groups in total. The second kappa shape index (κ2) is 8.16. The van der Waals surface area contributed by atoms with Gasteiger partial charge in [0.25, 0.3) is 11.1 Å². The highest BCUT2D eigenvalue weighted by atomic mass is 35.5. The first-order chi connectivity index (χ1) is 10.8. The Morgan fingerprint density at radius 2 is 1.43 bits per heavy atom. The number of aromatic carboxylic acids is 1. The van der Waals surface area contributed by atoms with Crippen molar-refractivity contribution in [1.82, 2.24) is 9.97 Å². The number of hydrogen-bond acceptors (Lipinski definition) is 5. The Bertz CT molecular complexity index is 843. The predicted octanol–water partition coefficient (Wildman–Crippen LogP) is 1.54. The van der Waals surface area contributed by atoms with Gasteiger partial charge in [0.2, 0.25) is 0 Å². The first-order valence-electron chi connectivity index (χ1n) is 5.84. The molecular weight excluding hydrogens is 351 g/mol. The molecule has 23 heavy (non-hydrogen) atoms. The number of aromatic nitrogens is 2. The second-order valence-corrected chi connectivity index (χ2v) is 4.74. The number of esters is 1. The summed E-state index contributed by atoms with van der Waals surface area (Å²) < 4.78 is 4.41. The molecule has 0 amide bonds. The van der Waals surface area contributed by atoms with E-state index in [0.717, 1.165) is 12.3 Å². The highest BCUT2D eigenvalue weighted by molar-refractivity contribution is 6.31. The van der Waals surface area contributed by atoms with Gasteiger partial charge in [0.1, 0.15) is 10.0 Å². The molecule has 0 aliphatic heterocycles. The predicted molar refractivity (Wildman–Crippen MR) is 82.4 cm³/mol. The summed E-state index contributed by atoms with van der Waals surface area (Å²) in [5.41, 5.74) is -0.724. The number of carboxylic acid groups (broad SMARTS) is 1. The molecule has 0 unspecified atom stereocenters. The van der Waals surface area contributed by atoms with Crippen LogP contribution in [0.25, 0.3) is 0 Å². The van der Waals surface area contributed by atoms with E-state index in [9.17, 15) is 19.2 Å². The summed E-state index contributed by atoms with van der Waals surface area (Å²) in [5, 5.41) is 8.27. The third-order valence-electron chi connectivity index (χ3n) is 2.38. The van der Waals surface area contributed by atoms with Gasteiger partial charge in [-0.1, -0.05) is 23.2 Å². The molecule has 0 atom stereocenters. The molecule has 0 bridgehead atoms. The summed E-state index contributed by atoms with van der Waals surface area (Å²) >= 11 is 10.8. The van der Waals surface area contributed by atoms with Crippen LogP contribution >= 0.6 is 23.2 Å². The van der Waals surface area contributed by atoms with Gasteiger partial charge in [0, 0.05) is 12.4 Å². The van der Waals surface area contributed by atoms with Crippen LogP contribution in [0.1, 0.15) is 20.7 Å². The summed E-state index contributed by atoms with van der Waals surface area (Å²) in [4.78, 5) is 47.0. The van der Waals surface area contributed by atoms with E-state index < -0.39 is 23.1 Å². The second-order valence-electron chi connectivity index (χ2n) is 3.93. The Labute approximate surface area is 138 Å². The number of H-pyrrole nitrogens is 2. The van der Waals surface area contributed by atoms with Crippen molar-refractivity contribution in [2.75, 3.05) is 7.11 Å². The monoisotopic (exact) mass is 360 g/mol. The summed E-state index contributed by atoms with van der Waals surface area (Å²) in [6.07, 6.45) is 2.34. The van der Waals surface area contributed by atoms with Gasteiger partial charge in [-0.2, -0.15) is 0 Å². The van der Waals surface area contributed by atoms with E-state index in [1.807, 2.05) is 0 Å². The first-order valence-corrected chi connectivity index (χ1v) is 6.60. The molecule has 0 aliphatic carbocycles. The Morgan fingerprint density at radius 1 is 1.00 bits per heavy atom. The number of carbonyl (C=O) groups excluding carboxylic acids is 1. The molecule has 2 aromatic rings. The van der Waals surface area contributed by atoms with Gasteiger partial charge in [-0.3, -0.25) is 9.59 Å². The van der Waals surface area contributed by atoms with E-state index in [2.05, 4.69) is 14.7 Å². The van der Waals surface area contributed by atoms with Crippen LogP contribution in [0, 0.1) is 0 Å². The topological polar surface area (TPSA) is 129 Å². The SMILES string of the molecule is COC(=O)c1c[nH]c(=O)c(Cl)c1.O=C(O)c1c[nH]c(=O)c(Cl)c1. The number of carboxylic acids is 1. The third-order valence-corrected chi connectivity index (χ3v) is 2.95. The van der Waals surface area contributed by atoms with Gasteiger partial charge < -0.3 is 19.8 Å². The van der Waals surface area contributed by atoms with Gasteiger partial charge >= 0.3 is 11.9 Å². The third kappa shape index (κ3) is 5.28. The molecule has 122 valence electrons. The fourth-order valence-electron chi connectivity index (χ4n) is 1.27. The van der Waals surface area contributed by atoms with Crippen LogP contribution in [0.5, 0.6) is 0 Å². The number of pyridine rings is 2. The zero-order chi connectivity index (χ0) is 17.6. The van der Waals surface area contributed by atoms with Crippen LogP contribution in [0.3, 0.4) is 0 Å². The lowest BCUT2D eigenvalue weighted by Gasteiger charge is -1.97. The molecule has 0 aliphatic rings. The average Bonchev–Trinajstić information content (AvgIpc) is 2.52. The minimum Gasteiger partial charge on any atom is -0.478 e. The minimum atomic E-state index is -1.12. The molecule has 2 heterocycles. The molecule has 2 rings (SSSR count). The standard InChI is InChI=1S/C7H6ClNO3.C6H4ClNO3/c1-12-7(11)4-2-5(8)6(10)9-3-4;7-4-1-3(6(10)11)2-8-5(4)9/h2-3H,1H3,(H,9,10);1-2H,(H,8,9)(H,10,11). The normalized spacial score (nSPS) is 9.52. The number of ether oxygens (including phenoxy) is 1. The first kappa shape index (κ1) is 18.5. The van der Waals surface area contributed by atoms with Crippen molar-refractivity contribution in [2.24, 2.45) is 0 Å². The van der Waals surface area contributed by atoms with E-state index in [-0.39, 0.29) is 21.2 Å². The maximum atomic E-state index is 10.9. The number of aromatic amines is 2. The van der Waals surface area contributed by atoms with Crippen molar-refractivity contribution in [2.45, 2.75) is 0 Å². The number of rotatable bonds is 2.